The van der Waals surface area contributed by atoms with Crippen LogP contribution in [-0.4, -0.2) is 25.2 Å². The maximum atomic E-state index is 12.1. The van der Waals surface area contributed by atoms with Crippen molar-refractivity contribution < 1.29 is 9.53 Å². The first-order valence-corrected chi connectivity index (χ1v) is 8.48. The zero-order valence-electron chi connectivity index (χ0n) is 12.1. The smallest absolute Gasteiger partial charge is 0.220 e. The fourth-order valence-corrected chi connectivity index (χ4v) is 4.36. The highest BCUT2D eigenvalue weighted by atomic mass is 32.1. The van der Waals surface area contributed by atoms with Crippen LogP contribution in [0.4, 0.5) is 0 Å². The number of carbonyl (C=O) groups excluding carboxylic acids is 1. The molecule has 1 aliphatic heterocycles. The van der Waals surface area contributed by atoms with Crippen LogP contribution >= 0.6 is 11.3 Å². The van der Waals surface area contributed by atoms with E-state index in [0.717, 1.165) is 38.9 Å². The summed E-state index contributed by atoms with van der Waals surface area (Å²) in [6.45, 7) is 3.84. The van der Waals surface area contributed by atoms with E-state index in [4.69, 9.17) is 4.74 Å². The molecule has 1 aliphatic carbocycles. The van der Waals surface area contributed by atoms with Crippen LogP contribution in [0.5, 0.6) is 0 Å². The summed E-state index contributed by atoms with van der Waals surface area (Å²) < 4.78 is 5.45. The molecule has 2 heterocycles. The van der Waals surface area contributed by atoms with Crippen LogP contribution in [0, 0.1) is 12.3 Å². The molecule has 1 aromatic rings. The first-order valence-electron chi connectivity index (χ1n) is 7.60. The second-order valence-electron chi connectivity index (χ2n) is 6.16. The fraction of sp³-hybridized carbons (Fsp3) is 0.688. The molecule has 3 rings (SSSR count). The van der Waals surface area contributed by atoms with Gasteiger partial charge in [0.2, 0.25) is 5.91 Å². The van der Waals surface area contributed by atoms with Crippen molar-refractivity contribution in [2.45, 2.75) is 51.5 Å². The van der Waals surface area contributed by atoms with E-state index in [1.54, 1.807) is 11.3 Å². The van der Waals surface area contributed by atoms with Crippen LogP contribution < -0.4 is 5.32 Å². The average molecular weight is 293 g/mol. The zero-order valence-corrected chi connectivity index (χ0v) is 12.9. The summed E-state index contributed by atoms with van der Waals surface area (Å²) in [6.07, 6.45) is 6.11. The summed E-state index contributed by atoms with van der Waals surface area (Å²) >= 11 is 1.76. The molecule has 1 spiro atoms. The summed E-state index contributed by atoms with van der Waals surface area (Å²) in [4.78, 5) is 13.5. The molecule has 4 heteroatoms. The van der Waals surface area contributed by atoms with Gasteiger partial charge >= 0.3 is 0 Å². The van der Waals surface area contributed by atoms with Crippen LogP contribution in [0.1, 0.15) is 42.5 Å². The number of rotatable bonds is 4. The Kier molecular flexibility index (Phi) is 4.13. The molecule has 20 heavy (non-hydrogen) atoms. The number of ether oxygens (including phenoxy) is 1. The van der Waals surface area contributed by atoms with Crippen molar-refractivity contribution >= 4 is 17.2 Å². The van der Waals surface area contributed by atoms with Gasteiger partial charge in [-0.05, 0) is 61.5 Å². The van der Waals surface area contributed by atoms with Gasteiger partial charge in [0, 0.05) is 30.6 Å². The van der Waals surface area contributed by atoms with Gasteiger partial charge in [-0.2, -0.15) is 0 Å². The monoisotopic (exact) mass is 293 g/mol. The molecular formula is C16H23NO2S. The minimum Gasteiger partial charge on any atom is -0.381 e. The van der Waals surface area contributed by atoms with Gasteiger partial charge in [0.25, 0.3) is 0 Å². The molecule has 1 unspecified atom stereocenters. The number of hydrogen-bond donors (Lipinski definition) is 1. The Balaban J connectivity index is 1.48. The van der Waals surface area contributed by atoms with Crippen LogP contribution in [0.25, 0.3) is 0 Å². The second-order valence-corrected chi connectivity index (χ2v) is 7.16. The number of hydrogen-bond acceptors (Lipinski definition) is 3. The van der Waals surface area contributed by atoms with Crippen LogP contribution in [-0.2, 0) is 16.0 Å². The van der Waals surface area contributed by atoms with E-state index in [1.165, 1.54) is 16.9 Å². The van der Waals surface area contributed by atoms with Crippen molar-refractivity contribution in [1.82, 2.24) is 5.32 Å². The van der Waals surface area contributed by atoms with Gasteiger partial charge in [-0.3, -0.25) is 4.79 Å². The van der Waals surface area contributed by atoms with Crippen molar-refractivity contribution in [2.24, 2.45) is 5.41 Å². The predicted molar refractivity (Wildman–Crippen MR) is 81.0 cm³/mol. The van der Waals surface area contributed by atoms with Gasteiger partial charge in [0.05, 0.1) is 0 Å². The van der Waals surface area contributed by atoms with Gasteiger partial charge in [-0.25, -0.2) is 0 Å². The fourth-order valence-electron chi connectivity index (χ4n) is 3.45. The Bertz CT molecular complexity index is 477. The number of amides is 1. The summed E-state index contributed by atoms with van der Waals surface area (Å²) in [7, 11) is 0. The van der Waals surface area contributed by atoms with Crippen LogP contribution in [0.15, 0.2) is 11.4 Å². The lowest BCUT2D eigenvalue weighted by molar-refractivity contribution is -0.127. The van der Waals surface area contributed by atoms with Gasteiger partial charge in [-0.1, -0.05) is 0 Å². The third kappa shape index (κ3) is 2.77. The first kappa shape index (κ1) is 14.1. The van der Waals surface area contributed by atoms with Gasteiger partial charge in [0.15, 0.2) is 0 Å². The summed E-state index contributed by atoms with van der Waals surface area (Å²) in [5, 5.41) is 5.37. The van der Waals surface area contributed by atoms with Crippen molar-refractivity contribution in [3.05, 3.63) is 21.9 Å². The van der Waals surface area contributed by atoms with Crippen LogP contribution in [0.3, 0.4) is 0 Å². The number of nitrogens with one attached hydrogen (secondary N) is 1. The van der Waals surface area contributed by atoms with E-state index in [0.29, 0.717) is 17.9 Å². The molecule has 1 amide bonds. The van der Waals surface area contributed by atoms with E-state index in [-0.39, 0.29) is 5.91 Å². The van der Waals surface area contributed by atoms with E-state index in [1.807, 2.05) is 0 Å². The van der Waals surface area contributed by atoms with Crippen molar-refractivity contribution in [2.75, 3.05) is 13.2 Å². The minimum absolute atomic E-state index is 0.216. The third-order valence-corrected chi connectivity index (χ3v) is 6.12. The van der Waals surface area contributed by atoms with Gasteiger partial charge in [-0.15, -0.1) is 11.3 Å². The molecule has 2 fully saturated rings. The molecule has 3 nitrogen and oxygen atoms in total. The highest BCUT2D eigenvalue weighted by molar-refractivity contribution is 7.10. The maximum absolute atomic E-state index is 12.1. The van der Waals surface area contributed by atoms with Crippen molar-refractivity contribution in [3.63, 3.8) is 0 Å². The molecule has 1 saturated carbocycles. The average Bonchev–Trinajstić information content (AvgIpc) is 2.88. The van der Waals surface area contributed by atoms with E-state index in [9.17, 15) is 4.79 Å². The molecule has 1 N–H and O–H groups in total. The van der Waals surface area contributed by atoms with Crippen molar-refractivity contribution in [1.29, 1.82) is 0 Å². The summed E-state index contributed by atoms with van der Waals surface area (Å²) in [5.41, 5.74) is 1.67. The highest BCUT2D eigenvalue weighted by Crippen LogP contribution is 2.48. The predicted octanol–water partition coefficient (Wildman–Crippen LogP) is 3.06. The molecule has 2 aliphatic rings. The Morgan fingerprint density at radius 2 is 2.25 bits per heavy atom. The Hall–Kier alpha value is -0.870. The summed E-state index contributed by atoms with van der Waals surface area (Å²) in [5.74, 6) is 0.216. The molecule has 0 bridgehead atoms. The molecule has 1 saturated heterocycles. The molecule has 0 radical (unpaired) electrons. The van der Waals surface area contributed by atoms with E-state index >= 15 is 0 Å². The second kappa shape index (κ2) is 5.86. The number of aryl methyl sites for hydroxylation is 2. The normalized spacial score (nSPS) is 24.4. The van der Waals surface area contributed by atoms with E-state index < -0.39 is 0 Å². The topological polar surface area (TPSA) is 38.3 Å². The quantitative estimate of drug-likeness (QED) is 0.926. The zero-order chi connectivity index (χ0) is 14.0. The Morgan fingerprint density at radius 3 is 2.85 bits per heavy atom. The highest BCUT2D eigenvalue weighted by Gasteiger charge is 2.47. The molecule has 1 atom stereocenters. The van der Waals surface area contributed by atoms with Crippen molar-refractivity contribution in [3.8, 4) is 0 Å². The lowest BCUT2D eigenvalue weighted by Crippen LogP contribution is -2.57. The van der Waals surface area contributed by atoms with E-state index in [2.05, 4.69) is 23.7 Å². The van der Waals surface area contributed by atoms with Gasteiger partial charge in [0.1, 0.15) is 0 Å². The molecule has 0 aromatic carbocycles. The molecule has 1 aromatic heterocycles. The molecular weight excluding hydrogens is 270 g/mol. The van der Waals surface area contributed by atoms with Crippen LogP contribution in [0.2, 0.25) is 0 Å². The number of thiophene rings is 1. The minimum atomic E-state index is 0.216. The Morgan fingerprint density at radius 1 is 1.45 bits per heavy atom. The Labute approximate surface area is 124 Å². The standard InChI is InChI=1S/C16H23NO2S/c1-12-5-11-20-13(12)2-3-15(18)17-14-4-6-16(14)7-9-19-10-8-16/h5,11,14H,2-4,6-10H2,1H3,(H,17,18). The molecule has 110 valence electrons. The first-order chi connectivity index (χ1) is 9.70. The SMILES string of the molecule is Cc1ccsc1CCC(=O)NC1CCC12CCOCC2. The largest absolute Gasteiger partial charge is 0.381 e. The number of carbonyl (C=O) groups is 1. The lowest BCUT2D eigenvalue weighted by Gasteiger charge is -2.52. The van der Waals surface area contributed by atoms with Gasteiger partial charge < -0.3 is 10.1 Å². The third-order valence-electron chi connectivity index (χ3n) is 5.04. The maximum Gasteiger partial charge on any atom is 0.220 e. The lowest BCUT2D eigenvalue weighted by atomic mass is 9.60. The summed E-state index contributed by atoms with van der Waals surface area (Å²) in [6, 6.07) is 2.52.